The van der Waals surface area contributed by atoms with Crippen LogP contribution in [-0.2, 0) is 0 Å². The number of aromatic amines is 1. The van der Waals surface area contributed by atoms with Crippen molar-refractivity contribution < 1.29 is 0 Å². The van der Waals surface area contributed by atoms with E-state index in [1.165, 1.54) is 25.9 Å². The summed E-state index contributed by atoms with van der Waals surface area (Å²) in [5.41, 5.74) is 4.51. The van der Waals surface area contributed by atoms with Crippen molar-refractivity contribution in [3.05, 3.63) is 53.6 Å². The molecule has 0 aliphatic heterocycles. The molecule has 1 aromatic carbocycles. The monoisotopic (exact) mass is 290 g/mol. The predicted octanol–water partition coefficient (Wildman–Crippen LogP) is 5.61. The highest BCUT2D eigenvalue weighted by Crippen LogP contribution is 2.38. The maximum Gasteiger partial charge on any atom is 0.0965 e. The summed E-state index contributed by atoms with van der Waals surface area (Å²) in [7, 11) is 0. The molecule has 0 amide bonds. The van der Waals surface area contributed by atoms with Crippen molar-refractivity contribution >= 4 is 55.5 Å². The van der Waals surface area contributed by atoms with Crippen LogP contribution in [0.3, 0.4) is 0 Å². The number of hydrogen-bond acceptors (Lipinski definition) is 2. The maximum atomic E-state index is 4.67. The van der Waals surface area contributed by atoms with Gasteiger partial charge in [0.05, 0.1) is 15.7 Å². The van der Waals surface area contributed by atoms with Gasteiger partial charge in [0.25, 0.3) is 0 Å². The van der Waals surface area contributed by atoms with Gasteiger partial charge < -0.3 is 4.98 Å². The van der Waals surface area contributed by atoms with Crippen LogP contribution in [0.4, 0.5) is 0 Å². The second kappa shape index (κ2) is 4.57. The van der Waals surface area contributed by atoms with Crippen LogP contribution in [0.2, 0.25) is 0 Å². The van der Waals surface area contributed by atoms with Crippen molar-refractivity contribution in [3.8, 4) is 0 Å². The Morgan fingerprint density at radius 2 is 2.14 bits per heavy atom. The number of allylic oxidation sites excluding steroid dienone is 1. The van der Waals surface area contributed by atoms with Gasteiger partial charge in [-0.15, -0.1) is 11.3 Å². The molecular formula is C18H14N2S. The Hall–Kier alpha value is -2.39. The summed E-state index contributed by atoms with van der Waals surface area (Å²) in [4.78, 5) is 9.39. The van der Waals surface area contributed by atoms with Crippen molar-refractivity contribution in [2.24, 2.45) is 0 Å². The fourth-order valence-corrected chi connectivity index (χ4v) is 3.90. The highest BCUT2D eigenvalue weighted by molar-refractivity contribution is 7.20. The number of thiophene rings is 1. The Bertz CT molecular complexity index is 1020. The molecule has 4 rings (SSSR count). The number of hydrogen-bond donors (Lipinski definition) is 1. The van der Waals surface area contributed by atoms with Gasteiger partial charge in [-0.05, 0) is 13.0 Å². The van der Waals surface area contributed by atoms with Gasteiger partial charge in [-0.2, -0.15) is 0 Å². The minimum absolute atomic E-state index is 1.04. The van der Waals surface area contributed by atoms with Crippen molar-refractivity contribution in [2.45, 2.75) is 6.92 Å². The van der Waals surface area contributed by atoms with E-state index >= 15 is 0 Å². The summed E-state index contributed by atoms with van der Waals surface area (Å²) in [5, 5.41) is 2.42. The third kappa shape index (κ3) is 1.68. The zero-order valence-corrected chi connectivity index (χ0v) is 12.5. The first-order chi connectivity index (χ1) is 10.3. The number of H-pyrrole nitrogens is 1. The molecule has 0 aliphatic rings. The molecule has 1 N–H and O–H groups in total. The van der Waals surface area contributed by atoms with Crippen LogP contribution in [0.25, 0.3) is 44.2 Å². The molecule has 0 fully saturated rings. The van der Waals surface area contributed by atoms with E-state index in [2.05, 4.69) is 46.9 Å². The van der Waals surface area contributed by atoms with Crippen molar-refractivity contribution in [2.75, 3.05) is 0 Å². The molecule has 0 radical (unpaired) electrons. The highest BCUT2D eigenvalue weighted by atomic mass is 32.1. The zero-order valence-electron chi connectivity index (χ0n) is 11.7. The average molecular weight is 290 g/mol. The average Bonchev–Trinajstić information content (AvgIpc) is 3.05. The third-order valence-corrected chi connectivity index (χ3v) is 4.90. The van der Waals surface area contributed by atoms with Crippen LogP contribution < -0.4 is 0 Å². The lowest BCUT2D eigenvalue weighted by Crippen LogP contribution is -1.78. The van der Waals surface area contributed by atoms with E-state index in [4.69, 9.17) is 0 Å². The van der Waals surface area contributed by atoms with Gasteiger partial charge in [0.2, 0.25) is 0 Å². The van der Waals surface area contributed by atoms with Crippen LogP contribution >= 0.6 is 11.3 Å². The fraction of sp³-hybridized carbons (Fsp3) is 0.0556. The molecule has 0 aliphatic carbocycles. The second-order valence-corrected chi connectivity index (χ2v) is 6.06. The second-order valence-electron chi connectivity index (χ2n) is 4.98. The first-order valence-electron chi connectivity index (χ1n) is 6.90. The maximum absolute atomic E-state index is 4.67. The van der Waals surface area contributed by atoms with Crippen molar-refractivity contribution in [1.29, 1.82) is 0 Å². The van der Waals surface area contributed by atoms with E-state index in [0.717, 1.165) is 16.6 Å². The molecule has 0 saturated heterocycles. The minimum atomic E-state index is 1.04. The number of para-hydroxylation sites is 1. The zero-order chi connectivity index (χ0) is 14.4. The largest absolute Gasteiger partial charge is 0.353 e. The number of pyridine rings is 1. The lowest BCUT2D eigenvalue weighted by atomic mass is 10.1. The molecule has 2 nitrogen and oxygen atoms in total. The fourth-order valence-electron chi connectivity index (χ4n) is 2.88. The van der Waals surface area contributed by atoms with Gasteiger partial charge in [-0.25, -0.2) is 0 Å². The van der Waals surface area contributed by atoms with E-state index in [1.54, 1.807) is 11.3 Å². The van der Waals surface area contributed by atoms with Crippen LogP contribution in [0.5, 0.6) is 0 Å². The molecule has 3 aromatic heterocycles. The Balaban J connectivity index is 2.27. The molecular weight excluding hydrogens is 276 g/mol. The topological polar surface area (TPSA) is 28.7 Å². The molecule has 0 bridgehead atoms. The Kier molecular flexibility index (Phi) is 2.69. The van der Waals surface area contributed by atoms with Gasteiger partial charge in [-0.1, -0.05) is 43.0 Å². The normalized spacial score (nSPS) is 12.0. The SMILES string of the molecule is C=Cc1sc2cnc3c4ccccc4[nH]c3c2c1/C=C\C. The molecule has 102 valence electrons. The smallest absolute Gasteiger partial charge is 0.0965 e. The summed E-state index contributed by atoms with van der Waals surface area (Å²) in [6.07, 6.45) is 8.13. The number of fused-ring (bicyclic) bond motifs is 5. The molecule has 0 spiro atoms. The van der Waals surface area contributed by atoms with Crippen LogP contribution in [0, 0.1) is 0 Å². The quantitative estimate of drug-likeness (QED) is 0.511. The Labute approximate surface area is 126 Å². The standard InChI is InChI=1S/C18H14N2S/c1-3-7-12-14(4-2)21-15-10-19-17-11-8-5-6-9-13(11)20-18(17)16(12)15/h3-10,20H,2H2,1H3/b7-3-. The number of rotatable bonds is 2. The van der Waals surface area contributed by atoms with E-state index in [1.807, 2.05) is 25.3 Å². The van der Waals surface area contributed by atoms with Crippen LogP contribution in [0.1, 0.15) is 17.4 Å². The summed E-state index contributed by atoms with van der Waals surface area (Å²) in [6.45, 7) is 5.98. The number of nitrogens with zero attached hydrogens (tertiary/aromatic N) is 1. The van der Waals surface area contributed by atoms with Gasteiger partial charge in [0.15, 0.2) is 0 Å². The molecule has 0 atom stereocenters. The van der Waals surface area contributed by atoms with Gasteiger partial charge >= 0.3 is 0 Å². The molecule has 0 saturated carbocycles. The predicted molar refractivity (Wildman–Crippen MR) is 93.8 cm³/mol. The Morgan fingerprint density at radius 3 is 2.95 bits per heavy atom. The molecule has 3 heterocycles. The number of aromatic nitrogens is 2. The van der Waals surface area contributed by atoms with Gasteiger partial charge in [0.1, 0.15) is 0 Å². The lowest BCUT2D eigenvalue weighted by Gasteiger charge is -1.96. The van der Waals surface area contributed by atoms with E-state index in [9.17, 15) is 0 Å². The molecule has 21 heavy (non-hydrogen) atoms. The van der Waals surface area contributed by atoms with E-state index < -0.39 is 0 Å². The van der Waals surface area contributed by atoms with Gasteiger partial charge in [-0.3, -0.25) is 4.98 Å². The number of benzene rings is 1. The number of nitrogens with one attached hydrogen (secondary N) is 1. The minimum Gasteiger partial charge on any atom is -0.353 e. The molecule has 4 aromatic rings. The summed E-state index contributed by atoms with van der Waals surface area (Å²) >= 11 is 1.74. The first-order valence-corrected chi connectivity index (χ1v) is 7.72. The van der Waals surface area contributed by atoms with Gasteiger partial charge in [0, 0.05) is 32.9 Å². The van der Waals surface area contributed by atoms with Crippen molar-refractivity contribution in [3.63, 3.8) is 0 Å². The molecule has 3 heteroatoms. The third-order valence-electron chi connectivity index (χ3n) is 3.76. The van der Waals surface area contributed by atoms with Crippen LogP contribution in [0.15, 0.2) is 43.1 Å². The summed E-state index contributed by atoms with van der Waals surface area (Å²) in [6, 6.07) is 8.31. The van der Waals surface area contributed by atoms with Crippen molar-refractivity contribution in [1.82, 2.24) is 9.97 Å². The van der Waals surface area contributed by atoms with E-state index in [-0.39, 0.29) is 0 Å². The van der Waals surface area contributed by atoms with Crippen LogP contribution in [-0.4, -0.2) is 9.97 Å². The molecule has 0 unspecified atom stereocenters. The summed E-state index contributed by atoms with van der Waals surface area (Å²) < 4.78 is 1.19. The van der Waals surface area contributed by atoms with E-state index in [0.29, 0.717) is 0 Å². The Morgan fingerprint density at radius 1 is 1.29 bits per heavy atom. The summed E-state index contributed by atoms with van der Waals surface area (Å²) in [5.74, 6) is 0. The lowest BCUT2D eigenvalue weighted by molar-refractivity contribution is 1.46. The highest BCUT2D eigenvalue weighted by Gasteiger charge is 2.15. The first kappa shape index (κ1) is 12.4.